The molecule has 0 saturated carbocycles. The summed E-state index contributed by atoms with van der Waals surface area (Å²) in [6.07, 6.45) is 5.46. The van der Waals surface area contributed by atoms with Crippen LogP contribution in [0.1, 0.15) is 32.1 Å². The number of likely N-dealkylation sites (tertiary alicyclic amines) is 1. The van der Waals surface area contributed by atoms with Gasteiger partial charge < -0.3 is 16.0 Å². The molecular weight excluding hydrogens is 202 g/mol. The second-order valence-electron chi connectivity index (χ2n) is 5.12. The molecule has 2 heterocycles. The molecule has 2 aliphatic heterocycles. The van der Waals surface area contributed by atoms with Crippen molar-refractivity contribution < 1.29 is 4.79 Å². The molecule has 1 atom stereocenters. The van der Waals surface area contributed by atoms with Crippen LogP contribution in [-0.2, 0) is 4.79 Å². The minimum atomic E-state index is 0.225. The number of carbonyl (C=O) groups excluding carboxylic acids is 1. The van der Waals surface area contributed by atoms with E-state index in [-0.39, 0.29) is 5.91 Å². The van der Waals surface area contributed by atoms with Crippen LogP contribution in [0.5, 0.6) is 0 Å². The molecule has 0 aromatic heterocycles. The molecule has 92 valence electrons. The molecule has 4 heteroatoms. The zero-order valence-corrected chi connectivity index (χ0v) is 9.95. The van der Waals surface area contributed by atoms with E-state index < -0.39 is 0 Å². The Morgan fingerprint density at radius 3 is 2.62 bits per heavy atom. The highest BCUT2D eigenvalue weighted by atomic mass is 16.1. The van der Waals surface area contributed by atoms with Crippen molar-refractivity contribution in [2.24, 2.45) is 11.7 Å². The van der Waals surface area contributed by atoms with Crippen LogP contribution in [0.15, 0.2) is 0 Å². The van der Waals surface area contributed by atoms with Gasteiger partial charge in [-0.25, -0.2) is 0 Å². The zero-order chi connectivity index (χ0) is 11.4. The number of hydrogen-bond acceptors (Lipinski definition) is 3. The maximum Gasteiger partial charge on any atom is 0.220 e. The van der Waals surface area contributed by atoms with E-state index in [4.69, 9.17) is 5.73 Å². The molecule has 0 radical (unpaired) electrons. The number of piperidine rings is 1. The van der Waals surface area contributed by atoms with Crippen molar-refractivity contribution >= 4 is 5.91 Å². The van der Waals surface area contributed by atoms with Crippen molar-refractivity contribution in [3.05, 3.63) is 0 Å². The van der Waals surface area contributed by atoms with Gasteiger partial charge in [0.1, 0.15) is 0 Å². The van der Waals surface area contributed by atoms with E-state index in [9.17, 15) is 4.79 Å². The summed E-state index contributed by atoms with van der Waals surface area (Å²) in [6.45, 7) is 4.22. The summed E-state index contributed by atoms with van der Waals surface area (Å²) in [5, 5.41) is 3.04. The van der Waals surface area contributed by atoms with Crippen LogP contribution < -0.4 is 11.1 Å². The van der Waals surface area contributed by atoms with Gasteiger partial charge in [0.05, 0.1) is 0 Å². The van der Waals surface area contributed by atoms with E-state index in [0.29, 0.717) is 12.5 Å². The normalized spacial score (nSPS) is 28.3. The highest BCUT2D eigenvalue weighted by Gasteiger charge is 2.25. The Labute approximate surface area is 97.6 Å². The van der Waals surface area contributed by atoms with Crippen LogP contribution in [-0.4, -0.2) is 43.0 Å². The average Bonchev–Trinajstić information content (AvgIpc) is 2.67. The minimum absolute atomic E-state index is 0.225. The number of nitrogens with zero attached hydrogens (tertiary/aromatic N) is 1. The van der Waals surface area contributed by atoms with Gasteiger partial charge in [0.2, 0.25) is 5.91 Å². The molecule has 0 spiro atoms. The Morgan fingerprint density at radius 1 is 1.31 bits per heavy atom. The highest BCUT2D eigenvalue weighted by Crippen LogP contribution is 2.20. The molecule has 3 N–H and O–H groups in total. The predicted molar refractivity (Wildman–Crippen MR) is 64.0 cm³/mol. The van der Waals surface area contributed by atoms with E-state index >= 15 is 0 Å². The fourth-order valence-electron chi connectivity index (χ4n) is 2.82. The first kappa shape index (κ1) is 11.9. The lowest BCUT2D eigenvalue weighted by atomic mass is 9.93. The van der Waals surface area contributed by atoms with Crippen LogP contribution in [0, 0.1) is 5.92 Å². The Kier molecular flexibility index (Phi) is 4.18. The second kappa shape index (κ2) is 5.64. The largest absolute Gasteiger partial charge is 0.352 e. The minimum Gasteiger partial charge on any atom is -0.352 e. The number of carbonyl (C=O) groups is 1. The Hall–Kier alpha value is -0.610. The van der Waals surface area contributed by atoms with E-state index in [1.165, 1.54) is 32.4 Å². The summed E-state index contributed by atoms with van der Waals surface area (Å²) in [6, 6.07) is 0.401. The molecule has 2 rings (SSSR count). The summed E-state index contributed by atoms with van der Waals surface area (Å²) in [7, 11) is 0. The number of nitrogens with two attached hydrogens (primary N) is 1. The molecule has 2 saturated heterocycles. The predicted octanol–water partition coefficient (Wildman–Crippen LogP) is 0.326. The van der Waals surface area contributed by atoms with Crippen LogP contribution >= 0.6 is 0 Å². The van der Waals surface area contributed by atoms with E-state index in [0.717, 1.165) is 25.4 Å². The van der Waals surface area contributed by atoms with Gasteiger partial charge in [0, 0.05) is 19.0 Å². The highest BCUT2D eigenvalue weighted by molar-refractivity contribution is 5.78. The van der Waals surface area contributed by atoms with Gasteiger partial charge in [-0.2, -0.15) is 0 Å². The summed E-state index contributed by atoms with van der Waals surface area (Å²) in [5.74, 6) is 1.06. The first-order chi connectivity index (χ1) is 7.78. The van der Waals surface area contributed by atoms with Gasteiger partial charge in [0.15, 0.2) is 0 Å². The van der Waals surface area contributed by atoms with Crippen LogP contribution in [0.25, 0.3) is 0 Å². The summed E-state index contributed by atoms with van der Waals surface area (Å²) >= 11 is 0. The average molecular weight is 225 g/mol. The van der Waals surface area contributed by atoms with E-state index in [1.54, 1.807) is 0 Å². The number of rotatable bonds is 4. The third-order valence-corrected chi connectivity index (χ3v) is 3.85. The molecular formula is C12H23N3O. The first-order valence-corrected chi connectivity index (χ1v) is 6.49. The molecule has 0 aromatic rings. The zero-order valence-electron chi connectivity index (χ0n) is 9.95. The number of nitrogens with one attached hydrogen (secondary N) is 1. The molecule has 1 amide bonds. The van der Waals surface area contributed by atoms with E-state index in [1.807, 2.05) is 0 Å². The van der Waals surface area contributed by atoms with E-state index in [2.05, 4.69) is 10.2 Å². The van der Waals surface area contributed by atoms with Gasteiger partial charge in [-0.1, -0.05) is 0 Å². The Morgan fingerprint density at radius 2 is 2.06 bits per heavy atom. The van der Waals surface area contributed by atoms with Crippen LogP contribution in [0.2, 0.25) is 0 Å². The smallest absolute Gasteiger partial charge is 0.220 e. The fourth-order valence-corrected chi connectivity index (χ4v) is 2.82. The lowest BCUT2D eigenvalue weighted by Gasteiger charge is -2.33. The standard InChI is InChI=1S/C12H23N3O/c13-6-3-10-4-7-15(8-5-10)9-11-1-2-12(16)14-11/h10-11H,1-9,13H2,(H,14,16). The van der Waals surface area contributed by atoms with Gasteiger partial charge in [-0.3, -0.25) is 4.79 Å². The molecule has 4 nitrogen and oxygen atoms in total. The van der Waals surface area contributed by atoms with Crippen LogP contribution in [0.4, 0.5) is 0 Å². The lowest BCUT2D eigenvalue weighted by molar-refractivity contribution is -0.119. The molecule has 16 heavy (non-hydrogen) atoms. The monoisotopic (exact) mass is 225 g/mol. The van der Waals surface area contributed by atoms with Crippen molar-refractivity contribution in [2.75, 3.05) is 26.2 Å². The Balaban J connectivity index is 1.67. The third kappa shape index (κ3) is 3.19. The van der Waals surface area contributed by atoms with Crippen molar-refractivity contribution in [1.29, 1.82) is 0 Å². The number of hydrogen-bond donors (Lipinski definition) is 2. The number of amides is 1. The fraction of sp³-hybridized carbons (Fsp3) is 0.917. The molecule has 2 fully saturated rings. The molecule has 2 aliphatic rings. The molecule has 0 aliphatic carbocycles. The first-order valence-electron chi connectivity index (χ1n) is 6.49. The van der Waals surface area contributed by atoms with Crippen molar-refractivity contribution in [1.82, 2.24) is 10.2 Å². The van der Waals surface area contributed by atoms with Gasteiger partial charge in [-0.05, 0) is 51.2 Å². The second-order valence-corrected chi connectivity index (χ2v) is 5.12. The van der Waals surface area contributed by atoms with Gasteiger partial charge >= 0.3 is 0 Å². The quantitative estimate of drug-likeness (QED) is 0.725. The van der Waals surface area contributed by atoms with Gasteiger partial charge in [-0.15, -0.1) is 0 Å². The van der Waals surface area contributed by atoms with Crippen molar-refractivity contribution in [3.63, 3.8) is 0 Å². The topological polar surface area (TPSA) is 58.4 Å². The molecule has 0 bridgehead atoms. The summed E-state index contributed by atoms with van der Waals surface area (Å²) in [4.78, 5) is 13.6. The third-order valence-electron chi connectivity index (χ3n) is 3.85. The van der Waals surface area contributed by atoms with Gasteiger partial charge in [0.25, 0.3) is 0 Å². The summed E-state index contributed by atoms with van der Waals surface area (Å²) < 4.78 is 0. The Bertz CT molecular complexity index is 236. The lowest BCUT2D eigenvalue weighted by Crippen LogP contribution is -2.42. The maximum absolute atomic E-state index is 11.1. The molecule has 0 aromatic carbocycles. The maximum atomic E-state index is 11.1. The molecule has 1 unspecified atom stereocenters. The summed E-state index contributed by atoms with van der Waals surface area (Å²) in [5.41, 5.74) is 5.58. The van der Waals surface area contributed by atoms with Crippen LogP contribution in [0.3, 0.4) is 0 Å². The van der Waals surface area contributed by atoms with Crippen molar-refractivity contribution in [2.45, 2.75) is 38.1 Å². The SMILES string of the molecule is NCCC1CCN(CC2CCC(=O)N2)CC1. The van der Waals surface area contributed by atoms with Crippen molar-refractivity contribution in [3.8, 4) is 0 Å².